The molecule has 3 rings (SSSR count). The average Bonchev–Trinajstić information content (AvgIpc) is 3.05. The van der Waals surface area contributed by atoms with E-state index in [9.17, 15) is 4.79 Å². The van der Waals surface area contributed by atoms with Crippen LogP contribution in [0, 0.1) is 0 Å². The number of piperidine rings is 1. The number of carbonyl (C=O) groups excluding carboxylic acids is 1. The van der Waals surface area contributed by atoms with E-state index in [-0.39, 0.29) is 5.91 Å². The number of benzene rings is 1. The molecule has 1 aromatic heterocycles. The van der Waals surface area contributed by atoms with Gasteiger partial charge in [0.05, 0.1) is 5.69 Å². The van der Waals surface area contributed by atoms with E-state index in [2.05, 4.69) is 59.5 Å². The Morgan fingerprint density at radius 1 is 1.31 bits per heavy atom. The summed E-state index contributed by atoms with van der Waals surface area (Å²) in [5.74, 6) is 0.890. The molecule has 5 nitrogen and oxygen atoms in total. The minimum atomic E-state index is -0.0384. The van der Waals surface area contributed by atoms with Crippen LogP contribution in [0.3, 0.4) is 0 Å². The summed E-state index contributed by atoms with van der Waals surface area (Å²) in [7, 11) is 1.83. The fourth-order valence-corrected chi connectivity index (χ4v) is 3.66. The molecule has 0 spiro atoms. The number of amides is 1. The molecule has 26 heavy (non-hydrogen) atoms. The van der Waals surface area contributed by atoms with Crippen molar-refractivity contribution in [3.05, 3.63) is 53.3 Å². The number of nitrogens with zero attached hydrogens (tertiary/aromatic N) is 3. The maximum absolute atomic E-state index is 12.4. The molecule has 0 saturated carbocycles. The molecular formula is C21H30N4O. The summed E-state index contributed by atoms with van der Waals surface area (Å²) in [5.41, 5.74) is 3.02. The first-order valence-corrected chi connectivity index (χ1v) is 9.64. The molecule has 1 aliphatic rings. The number of carbonyl (C=O) groups is 1. The maximum atomic E-state index is 12.4. The Morgan fingerprint density at radius 2 is 2.08 bits per heavy atom. The minimum Gasteiger partial charge on any atom is -0.349 e. The lowest BCUT2D eigenvalue weighted by Crippen LogP contribution is -2.40. The SMILES string of the molecule is CC(C)c1cc(C(=O)NCCN2CCC[C@H](c3ccccc3)C2)n(C)n1. The van der Waals surface area contributed by atoms with Gasteiger partial charge in [0.2, 0.25) is 0 Å². The van der Waals surface area contributed by atoms with Crippen LogP contribution in [0.15, 0.2) is 36.4 Å². The van der Waals surface area contributed by atoms with E-state index >= 15 is 0 Å². The first kappa shape index (κ1) is 18.6. The topological polar surface area (TPSA) is 50.2 Å². The van der Waals surface area contributed by atoms with Crippen molar-refractivity contribution >= 4 is 5.91 Å². The smallest absolute Gasteiger partial charge is 0.269 e. The Hall–Kier alpha value is -2.14. The average molecular weight is 354 g/mol. The van der Waals surface area contributed by atoms with E-state index < -0.39 is 0 Å². The van der Waals surface area contributed by atoms with Crippen molar-refractivity contribution in [2.45, 2.75) is 38.5 Å². The predicted octanol–water partition coefficient (Wildman–Crippen LogP) is 3.15. The van der Waals surface area contributed by atoms with Gasteiger partial charge in [-0.1, -0.05) is 44.2 Å². The number of nitrogens with one attached hydrogen (secondary N) is 1. The highest BCUT2D eigenvalue weighted by Gasteiger charge is 2.21. The summed E-state index contributed by atoms with van der Waals surface area (Å²) in [4.78, 5) is 14.9. The van der Waals surface area contributed by atoms with Gasteiger partial charge >= 0.3 is 0 Å². The molecule has 2 heterocycles. The third-order valence-corrected chi connectivity index (χ3v) is 5.21. The highest BCUT2D eigenvalue weighted by molar-refractivity contribution is 5.92. The van der Waals surface area contributed by atoms with Crippen molar-refractivity contribution in [2.24, 2.45) is 7.05 Å². The molecule has 0 unspecified atom stereocenters. The third kappa shape index (κ3) is 4.52. The Bertz CT molecular complexity index is 723. The van der Waals surface area contributed by atoms with Crippen LogP contribution >= 0.6 is 0 Å². The zero-order valence-electron chi connectivity index (χ0n) is 16.1. The van der Waals surface area contributed by atoms with Crippen molar-refractivity contribution in [3.8, 4) is 0 Å². The van der Waals surface area contributed by atoms with Gasteiger partial charge in [0.1, 0.15) is 5.69 Å². The van der Waals surface area contributed by atoms with Crippen molar-refractivity contribution in [1.29, 1.82) is 0 Å². The molecule has 2 aromatic rings. The highest BCUT2D eigenvalue weighted by atomic mass is 16.2. The van der Waals surface area contributed by atoms with Crippen LogP contribution in [0.4, 0.5) is 0 Å². The first-order chi connectivity index (χ1) is 12.5. The third-order valence-electron chi connectivity index (χ3n) is 5.21. The summed E-state index contributed by atoms with van der Waals surface area (Å²) < 4.78 is 1.68. The highest BCUT2D eigenvalue weighted by Crippen LogP contribution is 2.26. The van der Waals surface area contributed by atoms with E-state index in [1.54, 1.807) is 4.68 Å². The van der Waals surface area contributed by atoms with Crippen LogP contribution in [-0.2, 0) is 7.05 Å². The predicted molar refractivity (Wildman–Crippen MR) is 104 cm³/mol. The molecule has 1 amide bonds. The van der Waals surface area contributed by atoms with Crippen LogP contribution in [0.25, 0.3) is 0 Å². The van der Waals surface area contributed by atoms with Crippen molar-refractivity contribution in [3.63, 3.8) is 0 Å². The summed E-state index contributed by atoms with van der Waals surface area (Å²) in [6.45, 7) is 7.92. The summed E-state index contributed by atoms with van der Waals surface area (Å²) >= 11 is 0. The molecule has 1 aliphatic heterocycles. The Balaban J connectivity index is 1.49. The number of hydrogen-bond donors (Lipinski definition) is 1. The van der Waals surface area contributed by atoms with Crippen LogP contribution in [0.1, 0.15) is 60.3 Å². The number of aromatic nitrogens is 2. The van der Waals surface area contributed by atoms with E-state index in [1.165, 1.54) is 18.4 Å². The lowest BCUT2D eigenvalue weighted by atomic mass is 9.91. The van der Waals surface area contributed by atoms with Crippen LogP contribution < -0.4 is 5.32 Å². The molecular weight excluding hydrogens is 324 g/mol. The lowest BCUT2D eigenvalue weighted by Gasteiger charge is -2.33. The second kappa shape index (κ2) is 8.49. The summed E-state index contributed by atoms with van der Waals surface area (Å²) in [6, 6.07) is 12.7. The number of hydrogen-bond acceptors (Lipinski definition) is 3. The minimum absolute atomic E-state index is 0.0384. The van der Waals surface area contributed by atoms with Gasteiger partial charge in [-0.3, -0.25) is 9.48 Å². The van der Waals surface area contributed by atoms with Gasteiger partial charge < -0.3 is 10.2 Å². The molecule has 1 aromatic carbocycles. The largest absolute Gasteiger partial charge is 0.349 e. The Morgan fingerprint density at radius 3 is 2.77 bits per heavy atom. The number of rotatable bonds is 6. The molecule has 5 heteroatoms. The van der Waals surface area contributed by atoms with Crippen molar-refractivity contribution < 1.29 is 4.79 Å². The fourth-order valence-electron chi connectivity index (χ4n) is 3.66. The van der Waals surface area contributed by atoms with Crippen LogP contribution in [-0.4, -0.2) is 46.8 Å². The molecule has 0 radical (unpaired) electrons. The van der Waals surface area contributed by atoms with Crippen molar-refractivity contribution in [2.75, 3.05) is 26.2 Å². The van der Waals surface area contributed by atoms with Crippen molar-refractivity contribution in [1.82, 2.24) is 20.0 Å². The van der Waals surface area contributed by atoms with Gasteiger partial charge in [-0.25, -0.2) is 0 Å². The quantitative estimate of drug-likeness (QED) is 0.867. The van der Waals surface area contributed by atoms with Gasteiger partial charge in [0, 0.05) is 26.7 Å². The second-order valence-corrected chi connectivity index (χ2v) is 7.54. The Labute approximate surface area is 156 Å². The Kier molecular flexibility index (Phi) is 6.09. The van der Waals surface area contributed by atoms with E-state index in [0.717, 1.165) is 25.3 Å². The molecule has 0 aliphatic carbocycles. The lowest BCUT2D eigenvalue weighted by molar-refractivity contribution is 0.0936. The number of likely N-dealkylation sites (tertiary alicyclic amines) is 1. The zero-order chi connectivity index (χ0) is 18.5. The van der Waals surface area contributed by atoms with Gasteiger partial charge in [-0.15, -0.1) is 0 Å². The molecule has 140 valence electrons. The number of aryl methyl sites for hydroxylation is 1. The van der Waals surface area contributed by atoms with E-state index in [0.29, 0.717) is 24.1 Å². The molecule has 1 N–H and O–H groups in total. The summed E-state index contributed by atoms with van der Waals surface area (Å²) in [6.07, 6.45) is 2.47. The van der Waals surface area contributed by atoms with Crippen LogP contribution in [0.5, 0.6) is 0 Å². The zero-order valence-corrected chi connectivity index (χ0v) is 16.1. The van der Waals surface area contributed by atoms with Gasteiger partial charge in [-0.05, 0) is 42.9 Å². The standard InChI is InChI=1S/C21H30N4O/c1-16(2)19-14-20(24(3)23-19)21(26)22-11-13-25-12-7-10-18(15-25)17-8-5-4-6-9-17/h4-6,8-9,14,16,18H,7,10-13,15H2,1-3H3,(H,22,26)/t18-/m0/s1. The van der Waals surface area contributed by atoms with Gasteiger partial charge in [0.15, 0.2) is 0 Å². The van der Waals surface area contributed by atoms with E-state index in [4.69, 9.17) is 0 Å². The summed E-state index contributed by atoms with van der Waals surface area (Å²) in [5, 5.41) is 7.47. The fraction of sp³-hybridized carbons (Fsp3) is 0.524. The maximum Gasteiger partial charge on any atom is 0.269 e. The van der Waals surface area contributed by atoms with Gasteiger partial charge in [-0.2, -0.15) is 5.10 Å². The molecule has 1 atom stereocenters. The monoisotopic (exact) mass is 354 g/mol. The first-order valence-electron chi connectivity index (χ1n) is 9.64. The molecule has 1 fully saturated rings. The van der Waals surface area contributed by atoms with Crippen LogP contribution in [0.2, 0.25) is 0 Å². The van der Waals surface area contributed by atoms with Gasteiger partial charge in [0.25, 0.3) is 5.91 Å². The molecule has 0 bridgehead atoms. The second-order valence-electron chi connectivity index (χ2n) is 7.54. The normalized spacial score (nSPS) is 18.2. The molecule has 1 saturated heterocycles. The van der Waals surface area contributed by atoms with E-state index in [1.807, 2.05) is 13.1 Å².